The van der Waals surface area contributed by atoms with E-state index in [-0.39, 0.29) is 11.8 Å². The van der Waals surface area contributed by atoms with E-state index in [0.29, 0.717) is 23.6 Å². The number of hydrogen-bond acceptors (Lipinski definition) is 3. The summed E-state index contributed by atoms with van der Waals surface area (Å²) >= 11 is 4.11. The summed E-state index contributed by atoms with van der Waals surface area (Å²) in [6.45, 7) is 1.42. The van der Waals surface area contributed by atoms with Crippen molar-refractivity contribution in [3.8, 4) is 0 Å². The molecule has 2 amide bonds. The van der Waals surface area contributed by atoms with E-state index >= 15 is 0 Å². The Balaban J connectivity index is 1.86. The van der Waals surface area contributed by atoms with Gasteiger partial charge >= 0.3 is 0 Å². The van der Waals surface area contributed by atoms with Crippen LogP contribution in [-0.2, 0) is 9.59 Å². The van der Waals surface area contributed by atoms with Crippen LogP contribution in [0.2, 0.25) is 0 Å². The molecule has 17 heavy (non-hydrogen) atoms. The molecule has 5 heteroatoms. The van der Waals surface area contributed by atoms with Crippen LogP contribution < -0.4 is 10.6 Å². The number of amides is 2. The minimum atomic E-state index is -0.504. The molecule has 0 aromatic carbocycles. The molecule has 0 aromatic heterocycles. The van der Waals surface area contributed by atoms with Crippen LogP contribution >= 0.6 is 12.6 Å². The fourth-order valence-electron chi connectivity index (χ4n) is 2.24. The second-order valence-corrected chi connectivity index (χ2v) is 5.51. The zero-order valence-electron chi connectivity index (χ0n) is 10.1. The zero-order valence-corrected chi connectivity index (χ0v) is 11.0. The van der Waals surface area contributed by atoms with Gasteiger partial charge in [-0.2, -0.15) is 12.6 Å². The first-order chi connectivity index (χ1) is 8.11. The molecule has 0 bridgehead atoms. The summed E-state index contributed by atoms with van der Waals surface area (Å²) in [5.41, 5.74) is 0. The van der Waals surface area contributed by atoms with Crippen LogP contribution in [-0.4, -0.2) is 29.7 Å². The third-order valence-electron chi connectivity index (χ3n) is 3.45. The van der Waals surface area contributed by atoms with Crippen molar-refractivity contribution in [2.24, 2.45) is 11.8 Å². The fourth-order valence-corrected chi connectivity index (χ4v) is 2.49. The number of carbonyl (C=O) groups is 2. The van der Waals surface area contributed by atoms with Crippen molar-refractivity contribution in [2.45, 2.75) is 44.7 Å². The minimum Gasteiger partial charge on any atom is -0.351 e. The lowest BCUT2D eigenvalue weighted by atomic mass is 10.1. The molecule has 2 saturated carbocycles. The number of nitrogens with one attached hydrogen (secondary N) is 2. The molecule has 2 aliphatic carbocycles. The highest BCUT2D eigenvalue weighted by molar-refractivity contribution is 7.80. The third-order valence-corrected chi connectivity index (χ3v) is 3.81. The Bertz CT molecular complexity index is 302. The van der Waals surface area contributed by atoms with Gasteiger partial charge in [-0.25, -0.2) is 0 Å². The first kappa shape index (κ1) is 12.7. The number of hydrogen-bond donors (Lipinski definition) is 3. The molecule has 2 N–H and O–H groups in total. The second-order valence-electron chi connectivity index (χ2n) is 5.14. The van der Waals surface area contributed by atoms with E-state index in [2.05, 4.69) is 23.3 Å². The fraction of sp³-hybridized carbons (Fsp3) is 0.833. The Hall–Kier alpha value is -0.710. The maximum atomic E-state index is 12.0. The quantitative estimate of drug-likeness (QED) is 0.614. The van der Waals surface area contributed by atoms with Gasteiger partial charge in [0.05, 0.1) is 0 Å². The molecule has 4 nitrogen and oxygen atoms in total. The van der Waals surface area contributed by atoms with Crippen molar-refractivity contribution in [1.29, 1.82) is 0 Å². The first-order valence-corrected chi connectivity index (χ1v) is 6.93. The zero-order chi connectivity index (χ0) is 12.4. The topological polar surface area (TPSA) is 58.2 Å². The number of rotatable bonds is 6. The molecule has 0 radical (unpaired) electrons. The number of carbonyl (C=O) groups excluding carboxylic acids is 2. The summed E-state index contributed by atoms with van der Waals surface area (Å²) in [7, 11) is 0. The molecule has 0 spiro atoms. The molecule has 0 heterocycles. The smallest absolute Gasteiger partial charge is 0.243 e. The van der Waals surface area contributed by atoms with Crippen molar-refractivity contribution in [1.82, 2.24) is 10.6 Å². The van der Waals surface area contributed by atoms with E-state index in [0.717, 1.165) is 0 Å². The Morgan fingerprint density at radius 2 is 1.71 bits per heavy atom. The van der Waals surface area contributed by atoms with Gasteiger partial charge in [0.15, 0.2) is 0 Å². The lowest BCUT2D eigenvalue weighted by Crippen LogP contribution is -2.51. The van der Waals surface area contributed by atoms with Crippen LogP contribution in [0.25, 0.3) is 0 Å². The molecule has 96 valence electrons. The van der Waals surface area contributed by atoms with Crippen LogP contribution in [0, 0.1) is 11.8 Å². The normalized spacial score (nSPS) is 21.1. The van der Waals surface area contributed by atoms with Gasteiger partial charge in [-0.15, -0.1) is 0 Å². The van der Waals surface area contributed by atoms with Gasteiger partial charge < -0.3 is 10.6 Å². The summed E-state index contributed by atoms with van der Waals surface area (Å²) in [4.78, 5) is 23.0. The highest BCUT2D eigenvalue weighted by atomic mass is 32.1. The summed E-state index contributed by atoms with van der Waals surface area (Å²) in [6.07, 6.45) is 4.92. The molecule has 0 aromatic rings. The van der Waals surface area contributed by atoms with Crippen molar-refractivity contribution < 1.29 is 9.59 Å². The average Bonchev–Trinajstić information content (AvgIpc) is 3.15. The SMILES string of the molecule is CC(=O)NC(CS)C(=O)NC(C1CC1)C1CC1. The standard InChI is InChI=1S/C12H20N2O2S/c1-7(15)13-10(6-17)12(16)14-11(8-2-3-8)9-4-5-9/h8-11,17H,2-6H2,1H3,(H,13,15)(H,14,16). The van der Waals surface area contributed by atoms with Crippen molar-refractivity contribution in [3.05, 3.63) is 0 Å². The van der Waals surface area contributed by atoms with Crippen LogP contribution in [0.15, 0.2) is 0 Å². The average molecular weight is 256 g/mol. The Morgan fingerprint density at radius 3 is 2.06 bits per heavy atom. The third kappa shape index (κ3) is 3.63. The molecule has 2 rings (SSSR count). The molecule has 1 unspecified atom stereocenters. The summed E-state index contributed by atoms with van der Waals surface area (Å²) < 4.78 is 0. The van der Waals surface area contributed by atoms with E-state index in [1.54, 1.807) is 0 Å². The molecule has 2 fully saturated rings. The highest BCUT2D eigenvalue weighted by Crippen LogP contribution is 2.44. The molecule has 0 saturated heterocycles. The van der Waals surface area contributed by atoms with Gasteiger partial charge in [0.2, 0.25) is 11.8 Å². The van der Waals surface area contributed by atoms with Gasteiger partial charge in [-0.1, -0.05) is 0 Å². The summed E-state index contributed by atoms with van der Waals surface area (Å²) in [5, 5.41) is 5.72. The maximum Gasteiger partial charge on any atom is 0.243 e. The molecule has 1 atom stereocenters. The van der Waals surface area contributed by atoms with Gasteiger partial charge in [-0.3, -0.25) is 9.59 Å². The Kier molecular flexibility index (Phi) is 3.97. The van der Waals surface area contributed by atoms with Crippen LogP contribution in [0.3, 0.4) is 0 Å². The predicted molar refractivity (Wildman–Crippen MR) is 68.8 cm³/mol. The van der Waals surface area contributed by atoms with Gasteiger partial charge in [0, 0.05) is 18.7 Å². The largest absolute Gasteiger partial charge is 0.351 e. The molecule has 2 aliphatic rings. The van der Waals surface area contributed by atoms with Crippen molar-refractivity contribution in [3.63, 3.8) is 0 Å². The van der Waals surface area contributed by atoms with E-state index < -0.39 is 6.04 Å². The lowest BCUT2D eigenvalue weighted by molar-refractivity contribution is -0.128. The van der Waals surface area contributed by atoms with Crippen LogP contribution in [0.4, 0.5) is 0 Å². The van der Waals surface area contributed by atoms with Crippen LogP contribution in [0.1, 0.15) is 32.6 Å². The monoisotopic (exact) mass is 256 g/mol. The minimum absolute atomic E-state index is 0.0843. The first-order valence-electron chi connectivity index (χ1n) is 6.30. The van der Waals surface area contributed by atoms with E-state index in [9.17, 15) is 9.59 Å². The van der Waals surface area contributed by atoms with Crippen LogP contribution in [0.5, 0.6) is 0 Å². The van der Waals surface area contributed by atoms with Crippen molar-refractivity contribution in [2.75, 3.05) is 5.75 Å². The molecular formula is C12H20N2O2S. The Morgan fingerprint density at radius 1 is 1.18 bits per heavy atom. The van der Waals surface area contributed by atoms with Crippen molar-refractivity contribution >= 4 is 24.4 Å². The van der Waals surface area contributed by atoms with E-state index in [4.69, 9.17) is 0 Å². The predicted octanol–water partition coefficient (Wildman–Crippen LogP) is 0.726. The van der Waals surface area contributed by atoms with E-state index in [1.807, 2.05) is 0 Å². The molecule has 0 aliphatic heterocycles. The summed E-state index contributed by atoms with van der Waals surface area (Å²) in [6, 6.07) is -0.172. The second kappa shape index (κ2) is 5.29. The van der Waals surface area contributed by atoms with Gasteiger partial charge in [0.25, 0.3) is 0 Å². The van der Waals surface area contributed by atoms with E-state index in [1.165, 1.54) is 32.6 Å². The highest BCUT2D eigenvalue weighted by Gasteiger charge is 2.42. The lowest BCUT2D eigenvalue weighted by Gasteiger charge is -2.22. The van der Waals surface area contributed by atoms with Gasteiger partial charge in [-0.05, 0) is 37.5 Å². The molecular weight excluding hydrogens is 236 g/mol. The number of thiol groups is 1. The van der Waals surface area contributed by atoms with Gasteiger partial charge in [0.1, 0.15) is 6.04 Å². The summed E-state index contributed by atoms with van der Waals surface area (Å²) in [5.74, 6) is 1.41. The Labute approximate surface area is 107 Å². The maximum absolute atomic E-state index is 12.0.